The number of carbonyl (C=O) groups is 1. The number of ether oxygens (including phenoxy) is 1. The van der Waals surface area contributed by atoms with Crippen LogP contribution >= 0.6 is 0 Å². The second kappa shape index (κ2) is 7.66. The highest BCUT2D eigenvalue weighted by Crippen LogP contribution is 2.30. The van der Waals surface area contributed by atoms with Crippen molar-refractivity contribution in [2.45, 2.75) is 32.4 Å². The molecular formula is C20H22FNO3. The van der Waals surface area contributed by atoms with Gasteiger partial charge in [0.05, 0.1) is 12.2 Å². The quantitative estimate of drug-likeness (QED) is 0.755. The third-order valence-electron chi connectivity index (χ3n) is 4.41. The molecule has 0 radical (unpaired) electrons. The van der Waals surface area contributed by atoms with Crippen molar-refractivity contribution in [1.82, 2.24) is 5.32 Å². The molecule has 1 atom stereocenters. The highest BCUT2D eigenvalue weighted by atomic mass is 19.1. The van der Waals surface area contributed by atoms with Crippen molar-refractivity contribution < 1.29 is 19.0 Å². The van der Waals surface area contributed by atoms with Crippen LogP contribution in [-0.2, 0) is 6.54 Å². The molecule has 25 heavy (non-hydrogen) atoms. The monoisotopic (exact) mass is 343 g/mol. The topological polar surface area (TPSA) is 58.6 Å². The van der Waals surface area contributed by atoms with E-state index in [4.69, 9.17) is 9.84 Å². The van der Waals surface area contributed by atoms with Crippen molar-refractivity contribution in [3.8, 4) is 5.75 Å². The fourth-order valence-electron chi connectivity index (χ4n) is 2.60. The van der Waals surface area contributed by atoms with Crippen LogP contribution in [0.4, 0.5) is 4.39 Å². The molecule has 1 unspecified atom stereocenters. The van der Waals surface area contributed by atoms with Gasteiger partial charge in [-0.1, -0.05) is 18.2 Å². The molecule has 0 bridgehead atoms. The molecule has 0 aliphatic heterocycles. The van der Waals surface area contributed by atoms with Gasteiger partial charge in [-0.15, -0.1) is 0 Å². The van der Waals surface area contributed by atoms with E-state index in [1.165, 1.54) is 18.9 Å². The van der Waals surface area contributed by atoms with Gasteiger partial charge >= 0.3 is 5.97 Å². The third kappa shape index (κ3) is 4.79. The summed E-state index contributed by atoms with van der Waals surface area (Å²) in [5.41, 5.74) is 1.96. The van der Waals surface area contributed by atoms with Crippen LogP contribution in [0.2, 0.25) is 0 Å². The molecule has 1 saturated carbocycles. The zero-order chi connectivity index (χ0) is 17.8. The summed E-state index contributed by atoms with van der Waals surface area (Å²) in [4.78, 5) is 11.0. The van der Waals surface area contributed by atoms with E-state index < -0.39 is 5.97 Å². The number of carboxylic acids is 1. The molecule has 5 heteroatoms. The summed E-state index contributed by atoms with van der Waals surface area (Å²) in [7, 11) is 0. The van der Waals surface area contributed by atoms with Crippen molar-refractivity contribution >= 4 is 5.97 Å². The molecule has 0 amide bonds. The fourth-order valence-corrected chi connectivity index (χ4v) is 2.60. The number of aromatic carboxylic acids is 1. The summed E-state index contributed by atoms with van der Waals surface area (Å²) in [6.07, 6.45) is 2.34. The first kappa shape index (κ1) is 17.4. The van der Waals surface area contributed by atoms with E-state index in [0.717, 1.165) is 11.1 Å². The lowest BCUT2D eigenvalue weighted by atomic mass is 10.1. The summed E-state index contributed by atoms with van der Waals surface area (Å²) in [6.45, 7) is 3.04. The second-order valence-electron chi connectivity index (χ2n) is 6.55. The second-order valence-corrected chi connectivity index (χ2v) is 6.55. The summed E-state index contributed by atoms with van der Waals surface area (Å²) >= 11 is 0. The zero-order valence-electron chi connectivity index (χ0n) is 14.2. The molecular weight excluding hydrogens is 321 g/mol. The molecule has 1 aliphatic carbocycles. The highest BCUT2D eigenvalue weighted by Gasteiger charge is 2.22. The number of halogens is 1. The molecule has 0 spiro atoms. The lowest BCUT2D eigenvalue weighted by Gasteiger charge is -2.16. The van der Waals surface area contributed by atoms with E-state index >= 15 is 0 Å². The van der Waals surface area contributed by atoms with Crippen LogP contribution in [0.15, 0.2) is 42.5 Å². The molecule has 4 nitrogen and oxygen atoms in total. The molecule has 1 aliphatic rings. The van der Waals surface area contributed by atoms with E-state index in [1.807, 2.05) is 19.1 Å². The fraction of sp³-hybridized carbons (Fsp3) is 0.350. The minimum atomic E-state index is -0.946. The van der Waals surface area contributed by atoms with Crippen LogP contribution in [0.25, 0.3) is 0 Å². The van der Waals surface area contributed by atoms with Gasteiger partial charge in [0, 0.05) is 12.6 Å². The number of rotatable bonds is 8. The number of benzene rings is 2. The summed E-state index contributed by atoms with van der Waals surface area (Å²) in [6, 6.07) is 11.7. The smallest absolute Gasteiger partial charge is 0.335 e. The lowest BCUT2D eigenvalue weighted by Crippen LogP contribution is -2.18. The Morgan fingerprint density at radius 3 is 2.80 bits per heavy atom. The van der Waals surface area contributed by atoms with Gasteiger partial charge in [0.25, 0.3) is 0 Å². The number of nitrogens with one attached hydrogen (secondary N) is 1. The molecule has 132 valence electrons. The number of hydrogen-bond acceptors (Lipinski definition) is 3. The van der Waals surface area contributed by atoms with Crippen LogP contribution in [-0.4, -0.2) is 17.7 Å². The van der Waals surface area contributed by atoms with E-state index in [-0.39, 0.29) is 17.4 Å². The van der Waals surface area contributed by atoms with Gasteiger partial charge in [0.2, 0.25) is 0 Å². The maximum atomic E-state index is 14.2. The Morgan fingerprint density at radius 2 is 2.12 bits per heavy atom. The Kier molecular flexibility index (Phi) is 5.34. The normalized spacial score (nSPS) is 15.0. The van der Waals surface area contributed by atoms with Crippen LogP contribution in [0, 0.1) is 11.7 Å². The van der Waals surface area contributed by atoms with Gasteiger partial charge in [0.15, 0.2) is 11.6 Å². The Bertz CT molecular complexity index is 758. The number of carboxylic acid groups (broad SMARTS) is 1. The van der Waals surface area contributed by atoms with E-state index in [2.05, 4.69) is 5.32 Å². The van der Waals surface area contributed by atoms with Crippen molar-refractivity contribution in [2.75, 3.05) is 6.61 Å². The van der Waals surface area contributed by atoms with Crippen LogP contribution in [0.5, 0.6) is 5.75 Å². The molecule has 0 aromatic heterocycles. The average molecular weight is 343 g/mol. The maximum absolute atomic E-state index is 14.2. The molecule has 2 aromatic rings. The van der Waals surface area contributed by atoms with Crippen LogP contribution in [0.1, 0.15) is 47.3 Å². The Hall–Kier alpha value is -2.40. The Morgan fingerprint density at radius 1 is 1.32 bits per heavy atom. The van der Waals surface area contributed by atoms with Gasteiger partial charge in [-0.05, 0) is 61.1 Å². The van der Waals surface area contributed by atoms with Crippen LogP contribution < -0.4 is 10.1 Å². The molecule has 2 aromatic carbocycles. The molecule has 2 N–H and O–H groups in total. The lowest BCUT2D eigenvalue weighted by molar-refractivity contribution is 0.0696. The summed E-state index contributed by atoms with van der Waals surface area (Å²) < 4.78 is 19.7. The molecule has 3 rings (SSSR count). The first-order valence-corrected chi connectivity index (χ1v) is 8.51. The zero-order valence-corrected chi connectivity index (χ0v) is 14.2. The molecule has 0 saturated heterocycles. The predicted octanol–water partition coefficient (Wildman–Crippen LogP) is 4.16. The highest BCUT2D eigenvalue weighted by molar-refractivity contribution is 5.87. The minimum Gasteiger partial charge on any atom is -0.490 e. The largest absolute Gasteiger partial charge is 0.490 e. The van der Waals surface area contributed by atoms with Crippen molar-refractivity contribution in [3.63, 3.8) is 0 Å². The summed E-state index contributed by atoms with van der Waals surface area (Å²) in [5.74, 6) is -0.406. The van der Waals surface area contributed by atoms with Crippen molar-refractivity contribution in [1.29, 1.82) is 0 Å². The first-order chi connectivity index (χ1) is 12.0. The van der Waals surface area contributed by atoms with Gasteiger partial charge in [0.1, 0.15) is 0 Å². The standard InChI is InChI=1S/C20H22FNO3/c1-13(22-11-15-3-2-4-17(9-15)20(23)24)16-7-8-19(18(21)10-16)25-12-14-5-6-14/h2-4,7-10,13-14,22H,5-6,11-12H2,1H3,(H,23,24). The van der Waals surface area contributed by atoms with Gasteiger partial charge < -0.3 is 15.2 Å². The van der Waals surface area contributed by atoms with Crippen molar-refractivity contribution in [3.05, 3.63) is 65.0 Å². The van der Waals surface area contributed by atoms with Gasteiger partial charge in [-0.25, -0.2) is 9.18 Å². The first-order valence-electron chi connectivity index (χ1n) is 8.51. The maximum Gasteiger partial charge on any atom is 0.335 e. The van der Waals surface area contributed by atoms with Gasteiger partial charge in [-0.2, -0.15) is 0 Å². The average Bonchev–Trinajstić information content (AvgIpc) is 3.43. The van der Waals surface area contributed by atoms with Crippen molar-refractivity contribution in [2.24, 2.45) is 5.92 Å². The van der Waals surface area contributed by atoms with E-state index in [1.54, 1.807) is 24.3 Å². The Labute approximate surface area is 146 Å². The third-order valence-corrected chi connectivity index (χ3v) is 4.41. The van der Waals surface area contributed by atoms with Gasteiger partial charge in [-0.3, -0.25) is 0 Å². The molecule has 1 fully saturated rings. The number of hydrogen-bond donors (Lipinski definition) is 2. The minimum absolute atomic E-state index is 0.0690. The van der Waals surface area contributed by atoms with Crippen LogP contribution in [0.3, 0.4) is 0 Å². The Balaban J connectivity index is 1.58. The summed E-state index contributed by atoms with van der Waals surface area (Å²) in [5, 5.41) is 12.3. The van der Waals surface area contributed by atoms with E-state index in [9.17, 15) is 9.18 Å². The SMILES string of the molecule is CC(NCc1cccc(C(=O)O)c1)c1ccc(OCC2CC2)c(F)c1. The van der Waals surface area contributed by atoms with E-state index in [0.29, 0.717) is 24.8 Å². The predicted molar refractivity (Wildman–Crippen MR) is 93.3 cm³/mol. The molecule has 0 heterocycles.